The number of ether oxygens (including phenoxy) is 1. The van der Waals surface area contributed by atoms with Gasteiger partial charge in [0.05, 0.1) is 13.2 Å². The predicted molar refractivity (Wildman–Crippen MR) is 38.2 cm³/mol. The van der Waals surface area contributed by atoms with Crippen LogP contribution in [0.1, 0.15) is 0 Å². The van der Waals surface area contributed by atoms with Gasteiger partial charge in [-0.3, -0.25) is 0 Å². The Morgan fingerprint density at radius 3 is 3.00 bits per heavy atom. The maximum absolute atomic E-state index is 8.08. The summed E-state index contributed by atoms with van der Waals surface area (Å²) in [7, 11) is 1.62. The van der Waals surface area contributed by atoms with Crippen LogP contribution < -0.4 is 11.1 Å². The first-order valence-electron chi connectivity index (χ1n) is 2.97. The van der Waals surface area contributed by atoms with Crippen LogP contribution >= 0.6 is 0 Å². The Morgan fingerprint density at radius 2 is 2.50 bits per heavy atom. The predicted octanol–water partition coefficient (Wildman–Crippen LogP) is -1.03. The van der Waals surface area contributed by atoms with Gasteiger partial charge in [-0.1, -0.05) is 5.16 Å². The third-order valence-corrected chi connectivity index (χ3v) is 0.918. The van der Waals surface area contributed by atoms with Crippen molar-refractivity contribution in [3.63, 3.8) is 0 Å². The van der Waals surface area contributed by atoms with Crippen molar-refractivity contribution in [1.82, 2.24) is 5.32 Å². The lowest BCUT2D eigenvalue weighted by Gasteiger charge is -2.00. The summed E-state index contributed by atoms with van der Waals surface area (Å²) in [5, 5.41) is 13.8. The number of oxime groups is 1. The van der Waals surface area contributed by atoms with E-state index in [0.29, 0.717) is 19.7 Å². The van der Waals surface area contributed by atoms with Gasteiger partial charge in [-0.05, 0) is 0 Å². The standard InChI is InChI=1S/C5H13N3O2/c1-10-3-2-7-4-5(6)8-9/h7,9H,2-4H2,1H3,(H2,6,8). The van der Waals surface area contributed by atoms with E-state index in [1.165, 1.54) is 0 Å². The van der Waals surface area contributed by atoms with Crippen molar-refractivity contribution in [3.8, 4) is 0 Å². The Morgan fingerprint density at radius 1 is 1.80 bits per heavy atom. The zero-order valence-corrected chi connectivity index (χ0v) is 6.00. The van der Waals surface area contributed by atoms with Gasteiger partial charge in [0.25, 0.3) is 0 Å². The van der Waals surface area contributed by atoms with E-state index >= 15 is 0 Å². The molecule has 4 N–H and O–H groups in total. The molecule has 0 saturated heterocycles. The molecule has 0 aromatic carbocycles. The third-order valence-electron chi connectivity index (χ3n) is 0.918. The zero-order valence-electron chi connectivity index (χ0n) is 6.00. The minimum atomic E-state index is 0.177. The molecule has 10 heavy (non-hydrogen) atoms. The number of rotatable bonds is 5. The van der Waals surface area contributed by atoms with Gasteiger partial charge >= 0.3 is 0 Å². The normalized spacial score (nSPS) is 11.9. The average Bonchev–Trinajstić information content (AvgIpc) is 1.98. The monoisotopic (exact) mass is 147 g/mol. The van der Waals surface area contributed by atoms with Crippen LogP contribution in [0.15, 0.2) is 5.16 Å². The number of nitrogens with one attached hydrogen (secondary N) is 1. The smallest absolute Gasteiger partial charge is 0.153 e. The molecule has 0 amide bonds. The molecule has 0 bridgehead atoms. The number of amidine groups is 1. The Labute approximate surface area is 59.8 Å². The summed E-state index contributed by atoms with van der Waals surface area (Å²) in [6, 6.07) is 0. The highest BCUT2D eigenvalue weighted by Gasteiger charge is 1.89. The third kappa shape index (κ3) is 5.33. The minimum Gasteiger partial charge on any atom is -0.409 e. The second-order valence-electron chi connectivity index (χ2n) is 1.76. The number of methoxy groups -OCH3 is 1. The van der Waals surface area contributed by atoms with Crippen LogP contribution in [-0.2, 0) is 4.74 Å². The van der Waals surface area contributed by atoms with Crippen LogP contribution in [0.25, 0.3) is 0 Å². The van der Waals surface area contributed by atoms with Gasteiger partial charge in [0.1, 0.15) is 0 Å². The molecule has 0 aliphatic carbocycles. The van der Waals surface area contributed by atoms with Crippen molar-refractivity contribution in [2.45, 2.75) is 0 Å². The molecule has 0 aliphatic heterocycles. The van der Waals surface area contributed by atoms with Gasteiger partial charge in [-0.25, -0.2) is 0 Å². The van der Waals surface area contributed by atoms with Crippen molar-refractivity contribution in [3.05, 3.63) is 0 Å². The van der Waals surface area contributed by atoms with E-state index in [9.17, 15) is 0 Å². The summed E-state index contributed by atoms with van der Waals surface area (Å²) in [6.45, 7) is 1.71. The van der Waals surface area contributed by atoms with E-state index in [4.69, 9.17) is 15.7 Å². The second kappa shape index (κ2) is 6.31. The summed E-state index contributed by atoms with van der Waals surface area (Å²) in [6.07, 6.45) is 0. The van der Waals surface area contributed by atoms with E-state index in [1.54, 1.807) is 7.11 Å². The van der Waals surface area contributed by atoms with Crippen LogP contribution in [0.2, 0.25) is 0 Å². The fraction of sp³-hybridized carbons (Fsp3) is 0.800. The second-order valence-corrected chi connectivity index (χ2v) is 1.76. The highest BCUT2D eigenvalue weighted by atomic mass is 16.5. The Kier molecular flexibility index (Phi) is 5.80. The Bertz CT molecular complexity index is 105. The maximum Gasteiger partial charge on any atom is 0.153 e. The van der Waals surface area contributed by atoms with Gasteiger partial charge < -0.3 is 21.0 Å². The van der Waals surface area contributed by atoms with E-state index in [0.717, 1.165) is 0 Å². The van der Waals surface area contributed by atoms with Gasteiger partial charge in [-0.15, -0.1) is 0 Å². The van der Waals surface area contributed by atoms with Crippen molar-refractivity contribution in [1.29, 1.82) is 0 Å². The Hall–Kier alpha value is -0.810. The van der Waals surface area contributed by atoms with Crippen LogP contribution in [-0.4, -0.2) is 37.8 Å². The van der Waals surface area contributed by atoms with E-state index in [1.807, 2.05) is 0 Å². The highest BCUT2D eigenvalue weighted by molar-refractivity contribution is 5.81. The van der Waals surface area contributed by atoms with Crippen molar-refractivity contribution < 1.29 is 9.94 Å². The SMILES string of the molecule is COCCNC/C(N)=N/O. The zero-order chi connectivity index (χ0) is 7.82. The van der Waals surface area contributed by atoms with Crippen LogP contribution in [0, 0.1) is 0 Å². The summed E-state index contributed by atoms with van der Waals surface area (Å²) in [4.78, 5) is 0. The highest BCUT2D eigenvalue weighted by Crippen LogP contribution is 1.65. The van der Waals surface area contributed by atoms with Gasteiger partial charge in [0.15, 0.2) is 5.84 Å². The first-order valence-corrected chi connectivity index (χ1v) is 2.97. The largest absolute Gasteiger partial charge is 0.409 e. The Balaban J connectivity index is 3.04. The van der Waals surface area contributed by atoms with Crippen LogP contribution in [0.5, 0.6) is 0 Å². The molecule has 0 radical (unpaired) electrons. The first kappa shape index (κ1) is 9.19. The molecule has 0 fully saturated rings. The molecule has 5 nitrogen and oxygen atoms in total. The van der Waals surface area contributed by atoms with E-state index < -0.39 is 0 Å². The van der Waals surface area contributed by atoms with Crippen molar-refractivity contribution >= 4 is 5.84 Å². The molecular weight excluding hydrogens is 134 g/mol. The van der Waals surface area contributed by atoms with Gasteiger partial charge in [-0.2, -0.15) is 0 Å². The number of hydrogen-bond donors (Lipinski definition) is 3. The summed E-state index contributed by atoms with van der Waals surface area (Å²) in [5.74, 6) is 0.177. The number of nitrogens with two attached hydrogens (primary N) is 1. The summed E-state index contributed by atoms with van der Waals surface area (Å²) in [5.41, 5.74) is 5.15. The molecule has 60 valence electrons. The molecule has 0 spiro atoms. The fourth-order valence-corrected chi connectivity index (χ4v) is 0.426. The van der Waals surface area contributed by atoms with Gasteiger partial charge in [0.2, 0.25) is 0 Å². The van der Waals surface area contributed by atoms with Gasteiger partial charge in [0, 0.05) is 13.7 Å². The lowest BCUT2D eigenvalue weighted by atomic mass is 10.5. The van der Waals surface area contributed by atoms with Crippen LogP contribution in [0.4, 0.5) is 0 Å². The topological polar surface area (TPSA) is 79.9 Å². The minimum absolute atomic E-state index is 0.177. The van der Waals surface area contributed by atoms with Crippen LogP contribution in [0.3, 0.4) is 0 Å². The molecule has 0 heterocycles. The molecule has 0 saturated carbocycles. The van der Waals surface area contributed by atoms with E-state index in [-0.39, 0.29) is 5.84 Å². The lowest BCUT2D eigenvalue weighted by Crippen LogP contribution is -2.31. The quantitative estimate of drug-likeness (QED) is 0.153. The first-order chi connectivity index (χ1) is 4.81. The van der Waals surface area contributed by atoms with Crippen molar-refractivity contribution in [2.75, 3.05) is 26.8 Å². The molecule has 5 heteroatoms. The molecule has 0 aromatic rings. The molecule has 0 rings (SSSR count). The average molecular weight is 147 g/mol. The molecule has 0 aromatic heterocycles. The molecule has 0 atom stereocenters. The lowest BCUT2D eigenvalue weighted by molar-refractivity contribution is 0.200. The maximum atomic E-state index is 8.08. The molecule has 0 unspecified atom stereocenters. The fourth-order valence-electron chi connectivity index (χ4n) is 0.426. The summed E-state index contributed by atoms with van der Waals surface area (Å²) >= 11 is 0. The molecular formula is C5H13N3O2. The molecule has 0 aliphatic rings. The number of nitrogens with zero attached hydrogens (tertiary/aromatic N) is 1. The van der Waals surface area contributed by atoms with Crippen molar-refractivity contribution in [2.24, 2.45) is 10.9 Å². The van der Waals surface area contributed by atoms with E-state index in [2.05, 4.69) is 10.5 Å². The number of hydrogen-bond acceptors (Lipinski definition) is 4. The summed E-state index contributed by atoms with van der Waals surface area (Å²) < 4.78 is 4.75.